The zero-order valence-electron chi connectivity index (χ0n) is 12.8. The van der Waals surface area contributed by atoms with Crippen molar-refractivity contribution in [3.8, 4) is 11.5 Å². The summed E-state index contributed by atoms with van der Waals surface area (Å²) in [7, 11) is -3.58. The largest absolute Gasteiger partial charge is 0.419 e. The van der Waals surface area contributed by atoms with E-state index in [0.717, 1.165) is 0 Å². The van der Waals surface area contributed by atoms with Crippen molar-refractivity contribution in [2.24, 2.45) is 0 Å². The van der Waals surface area contributed by atoms with Gasteiger partial charge in [-0.2, -0.15) is 0 Å². The molecule has 6 nitrogen and oxygen atoms in total. The Morgan fingerprint density at radius 2 is 1.72 bits per heavy atom. The summed E-state index contributed by atoms with van der Waals surface area (Å²) in [5.41, 5.74) is 1.15. The minimum Gasteiger partial charge on any atom is -0.419 e. The van der Waals surface area contributed by atoms with E-state index >= 15 is 0 Å². The van der Waals surface area contributed by atoms with Crippen molar-refractivity contribution < 1.29 is 17.2 Å². The number of nitrogens with zero attached hydrogens (tertiary/aromatic N) is 2. The van der Waals surface area contributed by atoms with Gasteiger partial charge in [-0.25, -0.2) is 17.5 Å². The predicted molar refractivity (Wildman–Crippen MR) is 90.6 cm³/mol. The summed E-state index contributed by atoms with van der Waals surface area (Å²) in [6.45, 7) is -0.135. The topological polar surface area (TPSA) is 85.1 Å². The lowest BCUT2D eigenvalue weighted by molar-refractivity contribution is 0.494. The van der Waals surface area contributed by atoms with Gasteiger partial charge in [-0.05, 0) is 42.0 Å². The van der Waals surface area contributed by atoms with Crippen molar-refractivity contribution in [1.82, 2.24) is 14.9 Å². The fraction of sp³-hybridized carbons (Fsp3) is 0.125. The van der Waals surface area contributed by atoms with Gasteiger partial charge in [0.25, 0.3) is 0 Å². The number of hydrogen-bond donors (Lipinski definition) is 1. The van der Waals surface area contributed by atoms with Crippen LogP contribution in [0.15, 0.2) is 52.9 Å². The van der Waals surface area contributed by atoms with Gasteiger partial charge in [0.1, 0.15) is 5.82 Å². The van der Waals surface area contributed by atoms with Gasteiger partial charge in [0.2, 0.25) is 21.8 Å². The van der Waals surface area contributed by atoms with E-state index in [-0.39, 0.29) is 29.9 Å². The molecule has 0 atom stereocenters. The van der Waals surface area contributed by atoms with E-state index in [1.165, 1.54) is 24.3 Å². The van der Waals surface area contributed by atoms with Crippen LogP contribution in [0.1, 0.15) is 11.5 Å². The monoisotopic (exact) mass is 381 g/mol. The summed E-state index contributed by atoms with van der Waals surface area (Å²) < 4.78 is 44.9. The van der Waals surface area contributed by atoms with E-state index < -0.39 is 10.0 Å². The average Bonchev–Trinajstić information content (AvgIpc) is 3.05. The van der Waals surface area contributed by atoms with Crippen LogP contribution in [0.4, 0.5) is 4.39 Å². The Bertz CT molecular complexity index is 957. The number of sulfonamides is 1. The van der Waals surface area contributed by atoms with Crippen molar-refractivity contribution in [2.45, 2.75) is 12.3 Å². The second-order valence-electron chi connectivity index (χ2n) is 5.21. The first-order valence-corrected chi connectivity index (χ1v) is 9.24. The second kappa shape index (κ2) is 7.30. The van der Waals surface area contributed by atoms with E-state index in [9.17, 15) is 12.8 Å². The molecule has 0 unspecified atom stereocenters. The van der Waals surface area contributed by atoms with Crippen LogP contribution < -0.4 is 4.72 Å². The van der Waals surface area contributed by atoms with E-state index in [1.54, 1.807) is 24.3 Å². The number of nitrogens with one attached hydrogen (secondary N) is 1. The molecule has 3 aromatic rings. The number of aromatic nitrogens is 2. The third-order valence-corrected chi connectivity index (χ3v) is 4.82. The van der Waals surface area contributed by atoms with Gasteiger partial charge in [-0.3, -0.25) is 0 Å². The third kappa shape index (κ3) is 4.85. The number of hydrogen-bond acceptors (Lipinski definition) is 5. The van der Waals surface area contributed by atoms with Crippen LogP contribution in [0.2, 0.25) is 5.02 Å². The summed E-state index contributed by atoms with van der Waals surface area (Å²) in [6.07, 6.45) is 0. The Hall–Kier alpha value is -2.29. The quantitative estimate of drug-likeness (QED) is 0.709. The molecule has 0 radical (unpaired) electrons. The minimum absolute atomic E-state index is 0.110. The highest BCUT2D eigenvalue weighted by Gasteiger charge is 2.14. The zero-order valence-corrected chi connectivity index (χ0v) is 14.4. The molecule has 0 aliphatic heterocycles. The first kappa shape index (κ1) is 17.5. The summed E-state index contributed by atoms with van der Waals surface area (Å²) >= 11 is 5.77. The molecule has 0 saturated carbocycles. The smallest absolute Gasteiger partial charge is 0.247 e. The maximum absolute atomic E-state index is 12.9. The molecule has 2 aromatic carbocycles. The van der Waals surface area contributed by atoms with Crippen molar-refractivity contribution in [3.05, 3.63) is 70.8 Å². The van der Waals surface area contributed by atoms with Gasteiger partial charge in [0.05, 0.1) is 12.3 Å². The molecule has 3 rings (SSSR count). The van der Waals surface area contributed by atoms with Crippen LogP contribution in [0.3, 0.4) is 0 Å². The molecule has 0 fully saturated rings. The van der Waals surface area contributed by atoms with Crippen LogP contribution in [0.5, 0.6) is 0 Å². The van der Waals surface area contributed by atoms with Crippen molar-refractivity contribution in [3.63, 3.8) is 0 Å². The molecule has 0 aliphatic carbocycles. The molecule has 1 N–H and O–H groups in total. The summed E-state index contributed by atoms with van der Waals surface area (Å²) in [4.78, 5) is 0. The number of halogens is 2. The van der Waals surface area contributed by atoms with Crippen LogP contribution >= 0.6 is 11.6 Å². The van der Waals surface area contributed by atoms with Crippen LogP contribution in [0.25, 0.3) is 11.5 Å². The molecule has 0 aliphatic rings. The lowest BCUT2D eigenvalue weighted by Crippen LogP contribution is -2.24. The lowest BCUT2D eigenvalue weighted by atomic mass is 10.2. The highest BCUT2D eigenvalue weighted by atomic mass is 35.5. The zero-order chi connectivity index (χ0) is 17.9. The predicted octanol–water partition coefficient (Wildman–Crippen LogP) is 3.15. The maximum atomic E-state index is 12.9. The third-order valence-electron chi connectivity index (χ3n) is 3.27. The second-order valence-corrected chi connectivity index (χ2v) is 7.46. The van der Waals surface area contributed by atoms with Gasteiger partial charge in [-0.1, -0.05) is 23.7 Å². The highest BCUT2D eigenvalue weighted by molar-refractivity contribution is 7.88. The Balaban J connectivity index is 1.63. The van der Waals surface area contributed by atoms with E-state index in [4.69, 9.17) is 16.0 Å². The van der Waals surface area contributed by atoms with Gasteiger partial charge >= 0.3 is 0 Å². The minimum atomic E-state index is -3.58. The Labute approximate surface area is 148 Å². The molecule has 0 bridgehead atoms. The molecular weight excluding hydrogens is 369 g/mol. The molecule has 0 amide bonds. The molecule has 25 heavy (non-hydrogen) atoms. The first-order chi connectivity index (χ1) is 11.9. The maximum Gasteiger partial charge on any atom is 0.247 e. The molecule has 9 heteroatoms. The molecule has 0 spiro atoms. The van der Waals surface area contributed by atoms with Gasteiger partial charge in [0, 0.05) is 10.6 Å². The fourth-order valence-electron chi connectivity index (χ4n) is 2.06. The van der Waals surface area contributed by atoms with Crippen molar-refractivity contribution in [2.75, 3.05) is 0 Å². The van der Waals surface area contributed by atoms with Gasteiger partial charge in [0.15, 0.2) is 0 Å². The highest BCUT2D eigenvalue weighted by Crippen LogP contribution is 2.18. The van der Waals surface area contributed by atoms with Gasteiger partial charge in [-0.15, -0.1) is 10.2 Å². The summed E-state index contributed by atoms with van der Waals surface area (Å²) in [5, 5.41) is 8.14. The van der Waals surface area contributed by atoms with Crippen LogP contribution in [-0.2, 0) is 22.3 Å². The summed E-state index contributed by atoms with van der Waals surface area (Å²) in [5.74, 6) is -0.271. The number of rotatable bonds is 6. The van der Waals surface area contributed by atoms with E-state index in [0.29, 0.717) is 16.1 Å². The first-order valence-electron chi connectivity index (χ1n) is 7.21. The van der Waals surface area contributed by atoms with Crippen LogP contribution in [-0.4, -0.2) is 18.6 Å². The number of benzene rings is 2. The van der Waals surface area contributed by atoms with Gasteiger partial charge < -0.3 is 4.42 Å². The van der Waals surface area contributed by atoms with E-state index in [2.05, 4.69) is 14.9 Å². The Morgan fingerprint density at radius 3 is 2.40 bits per heavy atom. The SMILES string of the molecule is O=S(=O)(Cc1ccc(Cl)cc1)NCc1nnc(-c2ccc(F)cc2)o1. The molecule has 130 valence electrons. The fourth-order valence-corrected chi connectivity index (χ4v) is 3.26. The Kier molecular flexibility index (Phi) is 5.12. The van der Waals surface area contributed by atoms with E-state index in [1.807, 2.05) is 0 Å². The van der Waals surface area contributed by atoms with Crippen molar-refractivity contribution in [1.29, 1.82) is 0 Å². The standard InChI is InChI=1S/C16H13ClFN3O3S/c17-13-5-1-11(2-6-13)10-25(22,23)19-9-15-20-21-16(24-15)12-3-7-14(18)8-4-12/h1-8,19H,9-10H2. The normalized spacial score (nSPS) is 11.6. The van der Waals surface area contributed by atoms with Crippen molar-refractivity contribution >= 4 is 21.6 Å². The molecule has 0 saturated heterocycles. The lowest BCUT2D eigenvalue weighted by Gasteiger charge is -2.05. The molecule has 1 heterocycles. The Morgan fingerprint density at radius 1 is 1.04 bits per heavy atom. The average molecular weight is 382 g/mol. The summed E-state index contributed by atoms with van der Waals surface area (Å²) in [6, 6.07) is 12.1. The molecular formula is C16H13ClFN3O3S. The van der Waals surface area contributed by atoms with Crippen LogP contribution in [0, 0.1) is 5.82 Å². The molecule has 1 aromatic heterocycles.